The highest BCUT2D eigenvalue weighted by molar-refractivity contribution is 6.11. The molecule has 5 heteroatoms. The standard InChI is InChI=1S/C26H19FN2O2/c27-23-13-7-6-12-21(23)17-24(29-25(30)19-9-2-1-3-10-19)26(31)28-22-15-14-18-8-4-5-11-20(18)16-22/h1-17H,(H,28,31)(H,29,30). The fourth-order valence-electron chi connectivity index (χ4n) is 3.16. The van der Waals surface area contributed by atoms with E-state index in [1.165, 1.54) is 18.2 Å². The second kappa shape index (κ2) is 9.05. The van der Waals surface area contributed by atoms with Gasteiger partial charge in [-0.15, -0.1) is 0 Å². The molecule has 0 aliphatic rings. The number of anilines is 1. The molecule has 4 nitrogen and oxygen atoms in total. The van der Waals surface area contributed by atoms with Crippen LogP contribution in [0.15, 0.2) is 103 Å². The highest BCUT2D eigenvalue weighted by Gasteiger charge is 2.16. The molecule has 0 unspecified atom stereocenters. The number of nitrogens with one attached hydrogen (secondary N) is 2. The number of rotatable bonds is 5. The number of hydrogen-bond acceptors (Lipinski definition) is 2. The zero-order valence-corrected chi connectivity index (χ0v) is 16.5. The number of halogens is 1. The second-order valence-electron chi connectivity index (χ2n) is 6.92. The summed E-state index contributed by atoms with van der Waals surface area (Å²) in [5.41, 5.74) is 1.09. The lowest BCUT2D eigenvalue weighted by molar-refractivity contribution is -0.113. The number of benzene rings is 4. The number of hydrogen-bond donors (Lipinski definition) is 2. The van der Waals surface area contributed by atoms with E-state index in [0.717, 1.165) is 10.8 Å². The molecule has 0 aliphatic carbocycles. The largest absolute Gasteiger partial charge is 0.321 e. The molecule has 0 heterocycles. The second-order valence-corrected chi connectivity index (χ2v) is 6.92. The van der Waals surface area contributed by atoms with Crippen molar-refractivity contribution in [2.45, 2.75) is 0 Å². The van der Waals surface area contributed by atoms with Crippen molar-refractivity contribution in [3.63, 3.8) is 0 Å². The molecule has 4 aromatic rings. The van der Waals surface area contributed by atoms with Gasteiger partial charge in [0.25, 0.3) is 11.8 Å². The molecule has 0 saturated carbocycles. The Morgan fingerprint density at radius 1 is 0.742 bits per heavy atom. The maximum absolute atomic E-state index is 14.2. The Bertz CT molecular complexity index is 1280. The van der Waals surface area contributed by atoms with Crippen LogP contribution in [0.2, 0.25) is 0 Å². The van der Waals surface area contributed by atoms with Crippen molar-refractivity contribution in [3.8, 4) is 0 Å². The molecule has 0 fully saturated rings. The zero-order chi connectivity index (χ0) is 21.6. The Kier molecular flexibility index (Phi) is 5.85. The van der Waals surface area contributed by atoms with E-state index in [4.69, 9.17) is 0 Å². The minimum absolute atomic E-state index is 0.0629. The highest BCUT2D eigenvalue weighted by atomic mass is 19.1. The minimum atomic E-state index is -0.553. The first-order valence-electron chi connectivity index (χ1n) is 9.73. The zero-order valence-electron chi connectivity index (χ0n) is 16.5. The molecular weight excluding hydrogens is 391 g/mol. The molecule has 0 spiro atoms. The number of amides is 2. The van der Waals surface area contributed by atoms with Gasteiger partial charge in [-0.1, -0.05) is 66.7 Å². The molecule has 0 atom stereocenters. The Balaban J connectivity index is 1.64. The molecule has 2 N–H and O–H groups in total. The van der Waals surface area contributed by atoms with Crippen LogP contribution in [-0.2, 0) is 4.79 Å². The van der Waals surface area contributed by atoms with Crippen LogP contribution in [0.4, 0.5) is 10.1 Å². The van der Waals surface area contributed by atoms with Gasteiger partial charge in [-0.05, 0) is 47.2 Å². The monoisotopic (exact) mass is 410 g/mol. The summed E-state index contributed by atoms with van der Waals surface area (Å²) in [5, 5.41) is 7.40. The Morgan fingerprint density at radius 3 is 2.19 bits per heavy atom. The van der Waals surface area contributed by atoms with Gasteiger partial charge in [-0.2, -0.15) is 0 Å². The molecule has 4 aromatic carbocycles. The van der Waals surface area contributed by atoms with Crippen LogP contribution in [0.1, 0.15) is 15.9 Å². The van der Waals surface area contributed by atoms with Crippen LogP contribution in [0.5, 0.6) is 0 Å². The van der Waals surface area contributed by atoms with E-state index >= 15 is 0 Å². The van der Waals surface area contributed by atoms with E-state index in [0.29, 0.717) is 11.3 Å². The fraction of sp³-hybridized carbons (Fsp3) is 0. The third kappa shape index (κ3) is 4.85. The van der Waals surface area contributed by atoms with E-state index in [2.05, 4.69) is 10.6 Å². The molecule has 0 bridgehead atoms. The van der Waals surface area contributed by atoms with Crippen LogP contribution in [-0.4, -0.2) is 11.8 Å². The highest BCUT2D eigenvalue weighted by Crippen LogP contribution is 2.20. The first kappa shape index (κ1) is 20.0. The fourth-order valence-corrected chi connectivity index (χ4v) is 3.16. The first-order chi connectivity index (χ1) is 15.1. The van der Waals surface area contributed by atoms with Crippen LogP contribution in [0, 0.1) is 5.82 Å². The smallest absolute Gasteiger partial charge is 0.272 e. The molecule has 4 rings (SSSR count). The van der Waals surface area contributed by atoms with Crippen molar-refractivity contribution in [1.82, 2.24) is 5.32 Å². The predicted molar refractivity (Wildman–Crippen MR) is 121 cm³/mol. The predicted octanol–water partition coefficient (Wildman–Crippen LogP) is 5.39. The normalized spacial score (nSPS) is 11.2. The Hall–Kier alpha value is -4.25. The molecular formula is C26H19FN2O2. The third-order valence-corrected chi connectivity index (χ3v) is 4.74. The molecule has 2 amide bonds. The van der Waals surface area contributed by atoms with E-state index in [1.54, 1.807) is 48.5 Å². The molecule has 0 aromatic heterocycles. The lowest BCUT2D eigenvalue weighted by atomic mass is 10.1. The summed E-state index contributed by atoms with van der Waals surface area (Å²) in [5.74, 6) is -1.51. The van der Waals surface area contributed by atoms with Gasteiger partial charge in [0, 0.05) is 16.8 Å². The number of fused-ring (bicyclic) bond motifs is 1. The van der Waals surface area contributed by atoms with Gasteiger partial charge in [0.05, 0.1) is 0 Å². The van der Waals surface area contributed by atoms with E-state index in [-0.39, 0.29) is 11.3 Å². The van der Waals surface area contributed by atoms with Crippen LogP contribution >= 0.6 is 0 Å². The van der Waals surface area contributed by atoms with Crippen molar-refractivity contribution < 1.29 is 14.0 Å². The molecule has 0 radical (unpaired) electrons. The average Bonchev–Trinajstić information content (AvgIpc) is 2.80. The van der Waals surface area contributed by atoms with Crippen molar-refractivity contribution >= 4 is 34.4 Å². The molecule has 0 saturated heterocycles. The summed E-state index contributed by atoms with van der Waals surface area (Å²) in [7, 11) is 0. The lowest BCUT2D eigenvalue weighted by Crippen LogP contribution is -2.30. The first-order valence-corrected chi connectivity index (χ1v) is 9.73. The SMILES string of the molecule is O=C(Nc1ccc2ccccc2c1)C(=Cc1ccccc1F)NC(=O)c1ccccc1. The van der Waals surface area contributed by atoms with Crippen LogP contribution in [0.25, 0.3) is 16.8 Å². The van der Waals surface area contributed by atoms with Gasteiger partial charge in [0.1, 0.15) is 11.5 Å². The van der Waals surface area contributed by atoms with Crippen molar-refractivity contribution in [3.05, 3.63) is 120 Å². The summed E-state index contributed by atoms with van der Waals surface area (Å²) in [6, 6.07) is 27.9. The number of carbonyl (C=O) groups is 2. The third-order valence-electron chi connectivity index (χ3n) is 4.74. The summed E-state index contributed by atoms with van der Waals surface area (Å²) in [4.78, 5) is 25.7. The number of carbonyl (C=O) groups excluding carboxylic acids is 2. The van der Waals surface area contributed by atoms with Gasteiger partial charge in [-0.25, -0.2) is 4.39 Å². The van der Waals surface area contributed by atoms with Crippen molar-refractivity contribution in [2.24, 2.45) is 0 Å². The van der Waals surface area contributed by atoms with Crippen molar-refractivity contribution in [2.75, 3.05) is 5.32 Å². The van der Waals surface area contributed by atoms with E-state index < -0.39 is 17.6 Å². The van der Waals surface area contributed by atoms with Gasteiger partial charge in [0.15, 0.2) is 0 Å². The van der Waals surface area contributed by atoms with Gasteiger partial charge in [-0.3, -0.25) is 9.59 Å². The summed E-state index contributed by atoms with van der Waals surface area (Å²) in [6.45, 7) is 0. The Labute approximate surface area is 179 Å². The minimum Gasteiger partial charge on any atom is -0.321 e. The summed E-state index contributed by atoms with van der Waals surface area (Å²) in [6.07, 6.45) is 1.33. The molecule has 31 heavy (non-hydrogen) atoms. The van der Waals surface area contributed by atoms with E-state index in [1.807, 2.05) is 36.4 Å². The van der Waals surface area contributed by atoms with Gasteiger partial charge in [0.2, 0.25) is 0 Å². The van der Waals surface area contributed by atoms with Gasteiger partial charge < -0.3 is 10.6 Å². The maximum Gasteiger partial charge on any atom is 0.272 e. The quantitative estimate of drug-likeness (QED) is 0.434. The lowest BCUT2D eigenvalue weighted by Gasteiger charge is -2.12. The van der Waals surface area contributed by atoms with E-state index in [9.17, 15) is 14.0 Å². The summed E-state index contributed by atoms with van der Waals surface area (Å²) >= 11 is 0. The van der Waals surface area contributed by atoms with Gasteiger partial charge >= 0.3 is 0 Å². The molecule has 152 valence electrons. The maximum atomic E-state index is 14.2. The van der Waals surface area contributed by atoms with Crippen LogP contribution < -0.4 is 10.6 Å². The Morgan fingerprint density at radius 2 is 1.42 bits per heavy atom. The summed E-state index contributed by atoms with van der Waals surface area (Å²) < 4.78 is 14.2. The molecule has 0 aliphatic heterocycles. The topological polar surface area (TPSA) is 58.2 Å². The van der Waals surface area contributed by atoms with Crippen molar-refractivity contribution in [1.29, 1.82) is 0 Å². The average molecular weight is 410 g/mol. The van der Waals surface area contributed by atoms with Crippen LogP contribution in [0.3, 0.4) is 0 Å².